The fourth-order valence-corrected chi connectivity index (χ4v) is 3.95. The van der Waals surface area contributed by atoms with Gasteiger partial charge in [0.1, 0.15) is 5.82 Å². The van der Waals surface area contributed by atoms with Crippen LogP contribution < -0.4 is 10.0 Å². The van der Waals surface area contributed by atoms with Crippen LogP contribution in [0.5, 0.6) is 0 Å². The van der Waals surface area contributed by atoms with Crippen LogP contribution in [0.4, 0.5) is 4.39 Å². The maximum absolute atomic E-state index is 13.5. The Hall–Kier alpha value is -1.51. The number of ether oxygens (including phenoxy) is 1. The standard InChI is InChI=1S/C15H21FN2O4S/c1-15(5-7-17-8-6-15)10-18-23(20,21)13-9-11(16)3-4-12(13)14(19)22-2/h3-4,9,17-18H,5-8,10H2,1-2H3. The number of nitrogens with one attached hydrogen (secondary N) is 2. The van der Waals surface area contributed by atoms with Gasteiger partial charge in [0.05, 0.1) is 17.6 Å². The molecule has 0 bridgehead atoms. The highest BCUT2D eigenvalue weighted by Gasteiger charge is 2.30. The Bertz CT molecular complexity index is 685. The van der Waals surface area contributed by atoms with E-state index in [0.29, 0.717) is 0 Å². The van der Waals surface area contributed by atoms with Gasteiger partial charge in [-0.25, -0.2) is 22.3 Å². The minimum Gasteiger partial charge on any atom is -0.465 e. The molecule has 0 saturated carbocycles. The summed E-state index contributed by atoms with van der Waals surface area (Å²) < 4.78 is 45.5. The lowest BCUT2D eigenvalue weighted by molar-refractivity contribution is 0.0596. The molecule has 1 fully saturated rings. The van der Waals surface area contributed by atoms with Gasteiger partial charge in [0.2, 0.25) is 10.0 Å². The second-order valence-electron chi connectivity index (χ2n) is 6.02. The Morgan fingerprint density at radius 3 is 2.65 bits per heavy atom. The van der Waals surface area contributed by atoms with Gasteiger partial charge in [-0.2, -0.15) is 0 Å². The summed E-state index contributed by atoms with van der Waals surface area (Å²) in [4.78, 5) is 11.3. The Labute approximate surface area is 135 Å². The van der Waals surface area contributed by atoms with Gasteiger partial charge in [-0.3, -0.25) is 0 Å². The highest BCUT2D eigenvalue weighted by atomic mass is 32.2. The molecule has 1 heterocycles. The summed E-state index contributed by atoms with van der Waals surface area (Å²) in [6.45, 7) is 3.88. The van der Waals surface area contributed by atoms with E-state index in [4.69, 9.17) is 0 Å². The van der Waals surface area contributed by atoms with Gasteiger partial charge < -0.3 is 10.1 Å². The lowest BCUT2D eigenvalue weighted by Gasteiger charge is -2.34. The van der Waals surface area contributed by atoms with Gasteiger partial charge in [0.15, 0.2) is 0 Å². The van der Waals surface area contributed by atoms with E-state index in [1.807, 2.05) is 6.92 Å². The monoisotopic (exact) mass is 344 g/mol. The number of rotatable bonds is 5. The van der Waals surface area contributed by atoms with E-state index in [1.165, 1.54) is 0 Å². The second kappa shape index (κ2) is 6.94. The van der Waals surface area contributed by atoms with Gasteiger partial charge in [-0.1, -0.05) is 6.92 Å². The van der Waals surface area contributed by atoms with E-state index in [2.05, 4.69) is 14.8 Å². The van der Waals surface area contributed by atoms with Crippen LogP contribution >= 0.6 is 0 Å². The van der Waals surface area contributed by atoms with Crippen LogP contribution in [0.15, 0.2) is 23.1 Å². The third-order valence-corrected chi connectivity index (χ3v) is 5.58. The van der Waals surface area contributed by atoms with E-state index in [9.17, 15) is 17.6 Å². The van der Waals surface area contributed by atoms with E-state index >= 15 is 0 Å². The zero-order valence-corrected chi connectivity index (χ0v) is 14.0. The van der Waals surface area contributed by atoms with Crippen molar-refractivity contribution in [3.8, 4) is 0 Å². The topological polar surface area (TPSA) is 84.5 Å². The first kappa shape index (κ1) is 17.8. The number of carbonyl (C=O) groups excluding carboxylic acids is 1. The van der Waals surface area contributed by atoms with E-state index < -0.39 is 26.7 Å². The van der Waals surface area contributed by atoms with Crippen molar-refractivity contribution in [3.63, 3.8) is 0 Å². The fraction of sp³-hybridized carbons (Fsp3) is 0.533. The Morgan fingerprint density at radius 2 is 2.04 bits per heavy atom. The Morgan fingerprint density at radius 1 is 1.39 bits per heavy atom. The number of hydrogen-bond acceptors (Lipinski definition) is 5. The molecule has 0 spiro atoms. The lowest BCUT2D eigenvalue weighted by Crippen LogP contribution is -2.43. The predicted molar refractivity (Wildman–Crippen MR) is 83.1 cm³/mol. The fourth-order valence-electron chi connectivity index (χ4n) is 2.55. The average Bonchev–Trinajstić information content (AvgIpc) is 2.53. The molecule has 1 aliphatic rings. The summed E-state index contributed by atoms with van der Waals surface area (Å²) in [7, 11) is -2.87. The molecule has 23 heavy (non-hydrogen) atoms. The average molecular weight is 344 g/mol. The number of hydrogen-bond donors (Lipinski definition) is 2. The Kier molecular flexibility index (Phi) is 5.38. The number of benzene rings is 1. The van der Waals surface area contributed by atoms with Crippen LogP contribution in [-0.4, -0.2) is 41.1 Å². The third-order valence-electron chi connectivity index (χ3n) is 4.14. The quantitative estimate of drug-likeness (QED) is 0.786. The van der Waals surface area contributed by atoms with E-state index in [0.717, 1.165) is 51.2 Å². The van der Waals surface area contributed by atoms with Gasteiger partial charge >= 0.3 is 5.97 Å². The van der Waals surface area contributed by atoms with E-state index in [1.54, 1.807) is 0 Å². The molecule has 1 aromatic carbocycles. The minimum atomic E-state index is -4.02. The number of sulfonamides is 1. The van der Waals surface area contributed by atoms with Gasteiger partial charge in [-0.05, 0) is 49.5 Å². The first-order valence-electron chi connectivity index (χ1n) is 7.36. The highest BCUT2D eigenvalue weighted by molar-refractivity contribution is 7.89. The Balaban J connectivity index is 2.25. The summed E-state index contributed by atoms with van der Waals surface area (Å²) in [5, 5.41) is 3.22. The van der Waals surface area contributed by atoms with Crippen molar-refractivity contribution in [2.24, 2.45) is 5.41 Å². The SMILES string of the molecule is COC(=O)c1ccc(F)cc1S(=O)(=O)NCC1(C)CCNCC1. The van der Waals surface area contributed by atoms with Crippen LogP contribution in [0.2, 0.25) is 0 Å². The van der Waals surface area contributed by atoms with Crippen LogP contribution in [0.25, 0.3) is 0 Å². The summed E-state index contributed by atoms with van der Waals surface area (Å²) in [6.07, 6.45) is 1.67. The molecular weight excluding hydrogens is 323 g/mol. The van der Waals surface area contributed by atoms with Crippen molar-refractivity contribution < 1.29 is 22.3 Å². The molecule has 0 atom stereocenters. The maximum Gasteiger partial charge on any atom is 0.339 e. The van der Waals surface area contributed by atoms with Crippen LogP contribution in [0.3, 0.4) is 0 Å². The first-order chi connectivity index (χ1) is 10.8. The molecule has 0 amide bonds. The van der Waals surface area contributed by atoms with Crippen molar-refractivity contribution in [1.29, 1.82) is 0 Å². The predicted octanol–water partition coefficient (Wildman–Crippen LogP) is 1.28. The molecule has 6 nitrogen and oxygen atoms in total. The number of halogens is 1. The zero-order chi connectivity index (χ0) is 17.1. The minimum absolute atomic E-state index is 0.170. The summed E-state index contributed by atoms with van der Waals surface area (Å²) in [5.41, 5.74) is -0.353. The number of piperidine rings is 1. The number of esters is 1. The van der Waals surface area contributed by atoms with Crippen molar-refractivity contribution in [1.82, 2.24) is 10.0 Å². The van der Waals surface area contributed by atoms with Gasteiger partial charge in [0, 0.05) is 6.54 Å². The summed E-state index contributed by atoms with van der Waals surface area (Å²) in [6, 6.07) is 2.97. The molecule has 8 heteroatoms. The maximum atomic E-state index is 13.5. The molecule has 128 valence electrons. The normalized spacial score (nSPS) is 17.7. The van der Waals surface area contributed by atoms with Crippen LogP contribution in [0, 0.1) is 11.2 Å². The second-order valence-corrected chi connectivity index (χ2v) is 7.75. The van der Waals surface area contributed by atoms with E-state index in [-0.39, 0.29) is 17.5 Å². The lowest BCUT2D eigenvalue weighted by atomic mass is 9.81. The van der Waals surface area contributed by atoms with Crippen LogP contribution in [-0.2, 0) is 14.8 Å². The van der Waals surface area contributed by atoms with Crippen molar-refractivity contribution in [3.05, 3.63) is 29.6 Å². The molecule has 0 radical (unpaired) electrons. The largest absolute Gasteiger partial charge is 0.465 e. The summed E-state index contributed by atoms with van der Waals surface area (Å²) in [5.74, 6) is -1.55. The van der Waals surface area contributed by atoms with Gasteiger partial charge in [0.25, 0.3) is 0 Å². The molecule has 1 aliphatic heterocycles. The van der Waals surface area contributed by atoms with Crippen molar-refractivity contribution in [2.75, 3.05) is 26.7 Å². The smallest absolute Gasteiger partial charge is 0.339 e. The first-order valence-corrected chi connectivity index (χ1v) is 8.84. The molecule has 0 unspecified atom stereocenters. The number of carbonyl (C=O) groups is 1. The van der Waals surface area contributed by atoms with Gasteiger partial charge in [-0.15, -0.1) is 0 Å². The van der Waals surface area contributed by atoms with Crippen molar-refractivity contribution >= 4 is 16.0 Å². The van der Waals surface area contributed by atoms with Crippen LogP contribution in [0.1, 0.15) is 30.1 Å². The molecule has 2 N–H and O–H groups in total. The molecular formula is C15H21FN2O4S. The molecule has 0 aliphatic carbocycles. The summed E-state index contributed by atoms with van der Waals surface area (Å²) >= 11 is 0. The number of methoxy groups -OCH3 is 1. The molecule has 1 saturated heterocycles. The third kappa shape index (κ3) is 4.27. The molecule has 0 aromatic heterocycles. The molecule has 2 rings (SSSR count). The highest BCUT2D eigenvalue weighted by Crippen LogP contribution is 2.28. The van der Waals surface area contributed by atoms with Crippen molar-refractivity contribution in [2.45, 2.75) is 24.7 Å². The zero-order valence-electron chi connectivity index (χ0n) is 13.2. The molecule has 1 aromatic rings.